The van der Waals surface area contributed by atoms with Crippen LogP contribution in [0.5, 0.6) is 11.5 Å². The van der Waals surface area contributed by atoms with Crippen molar-refractivity contribution < 1.29 is 15.3 Å². The minimum absolute atomic E-state index is 0.00685. The third kappa shape index (κ3) is 1.98. The number of aryl methyl sites for hydroxylation is 1. The predicted molar refractivity (Wildman–Crippen MR) is 92.1 cm³/mol. The summed E-state index contributed by atoms with van der Waals surface area (Å²) in [6, 6.07) is 2.04. The maximum Gasteiger partial charge on any atom is 0.161 e. The summed E-state index contributed by atoms with van der Waals surface area (Å²) in [6.45, 7) is 10.4. The molecular formula is C20H30O3. The van der Waals surface area contributed by atoms with Crippen LogP contribution in [-0.2, 0) is 11.8 Å². The maximum absolute atomic E-state index is 11.6. The fraction of sp³-hybridized carbons (Fsp3) is 0.700. The molecule has 0 heterocycles. The third-order valence-corrected chi connectivity index (χ3v) is 6.83. The normalized spacial score (nSPS) is 32.5. The highest BCUT2D eigenvalue weighted by atomic mass is 16.3. The second-order valence-corrected chi connectivity index (χ2v) is 8.78. The van der Waals surface area contributed by atoms with Gasteiger partial charge in [0.15, 0.2) is 11.5 Å². The molecule has 0 aliphatic heterocycles. The highest BCUT2D eigenvalue weighted by molar-refractivity contribution is 5.60. The molecule has 3 N–H and O–H groups in total. The summed E-state index contributed by atoms with van der Waals surface area (Å²) < 4.78 is 0. The van der Waals surface area contributed by atoms with Gasteiger partial charge in [-0.15, -0.1) is 0 Å². The summed E-state index contributed by atoms with van der Waals surface area (Å²) in [5, 5.41) is 32.9. The molecule has 23 heavy (non-hydrogen) atoms. The monoisotopic (exact) mass is 318 g/mol. The lowest BCUT2D eigenvalue weighted by Crippen LogP contribution is -2.63. The van der Waals surface area contributed by atoms with Gasteiger partial charge in [-0.05, 0) is 42.6 Å². The lowest BCUT2D eigenvalue weighted by Gasteiger charge is -2.60. The van der Waals surface area contributed by atoms with Crippen molar-refractivity contribution in [1.82, 2.24) is 0 Å². The zero-order valence-corrected chi connectivity index (χ0v) is 15.0. The van der Waals surface area contributed by atoms with E-state index in [-0.39, 0.29) is 22.8 Å². The Morgan fingerprint density at radius 2 is 1.65 bits per heavy atom. The van der Waals surface area contributed by atoms with Crippen LogP contribution in [0.15, 0.2) is 6.07 Å². The molecule has 1 aromatic carbocycles. The minimum Gasteiger partial charge on any atom is -0.504 e. The summed E-state index contributed by atoms with van der Waals surface area (Å²) >= 11 is 0. The van der Waals surface area contributed by atoms with Crippen molar-refractivity contribution in [3.05, 3.63) is 22.8 Å². The Labute approximate surface area is 139 Å². The van der Waals surface area contributed by atoms with E-state index in [1.165, 1.54) is 0 Å². The van der Waals surface area contributed by atoms with E-state index in [0.29, 0.717) is 6.42 Å². The number of benzene rings is 1. The first-order valence-corrected chi connectivity index (χ1v) is 8.86. The van der Waals surface area contributed by atoms with E-state index in [2.05, 4.69) is 20.8 Å². The van der Waals surface area contributed by atoms with E-state index in [4.69, 9.17) is 0 Å². The Bertz CT molecular complexity index is 647. The zero-order valence-electron chi connectivity index (χ0n) is 15.0. The molecule has 2 aliphatic carbocycles. The summed E-state index contributed by atoms with van der Waals surface area (Å²) in [6.07, 6.45) is 4.32. The molecule has 0 saturated heterocycles. The summed E-state index contributed by atoms with van der Waals surface area (Å²) in [5.74, 6) is 0.139. The molecule has 1 aromatic rings. The van der Waals surface area contributed by atoms with E-state index < -0.39 is 11.0 Å². The smallest absolute Gasteiger partial charge is 0.161 e. The van der Waals surface area contributed by atoms with Gasteiger partial charge in [0, 0.05) is 16.5 Å². The average Bonchev–Trinajstić information content (AvgIpc) is 2.44. The fourth-order valence-corrected chi connectivity index (χ4v) is 5.29. The summed E-state index contributed by atoms with van der Waals surface area (Å²) in [5.41, 5.74) is 1.10. The lowest BCUT2D eigenvalue weighted by molar-refractivity contribution is -0.160. The van der Waals surface area contributed by atoms with Crippen molar-refractivity contribution in [2.24, 2.45) is 5.41 Å². The van der Waals surface area contributed by atoms with Gasteiger partial charge in [-0.25, -0.2) is 0 Å². The minimum atomic E-state index is -0.853. The fourth-order valence-electron chi connectivity index (χ4n) is 5.29. The quantitative estimate of drug-likeness (QED) is 0.674. The molecule has 128 valence electrons. The highest BCUT2D eigenvalue weighted by Gasteiger charge is 2.61. The van der Waals surface area contributed by atoms with Crippen molar-refractivity contribution in [3.8, 4) is 11.5 Å². The second kappa shape index (κ2) is 4.89. The molecule has 1 fully saturated rings. The van der Waals surface area contributed by atoms with E-state index in [1.807, 2.05) is 19.9 Å². The third-order valence-electron chi connectivity index (χ3n) is 6.83. The maximum atomic E-state index is 11.6. The van der Waals surface area contributed by atoms with Gasteiger partial charge in [-0.1, -0.05) is 47.1 Å². The zero-order chi connectivity index (χ0) is 17.2. The molecule has 0 bridgehead atoms. The summed E-state index contributed by atoms with van der Waals surface area (Å²) in [7, 11) is 0. The number of aromatic hydroxyl groups is 2. The van der Waals surface area contributed by atoms with Crippen LogP contribution in [0.1, 0.15) is 82.9 Å². The number of hydrogen-bond acceptors (Lipinski definition) is 3. The number of rotatable bonds is 1. The first kappa shape index (κ1) is 16.6. The van der Waals surface area contributed by atoms with E-state index in [9.17, 15) is 15.3 Å². The first-order valence-electron chi connectivity index (χ1n) is 8.86. The predicted octanol–water partition coefficient (Wildman–Crippen LogP) is 4.37. The van der Waals surface area contributed by atoms with Gasteiger partial charge in [0.2, 0.25) is 0 Å². The standard InChI is InChI=1S/C20H30O3/c1-12(2)14-11-13-7-10-20(23)18(3,4)8-6-9-19(20,5)15(13)17(22)16(14)21/h11-12,21-23H,6-10H2,1-5H3/t19-,20-/m1/s1. The van der Waals surface area contributed by atoms with Crippen molar-refractivity contribution in [3.63, 3.8) is 0 Å². The molecule has 0 radical (unpaired) electrons. The van der Waals surface area contributed by atoms with Gasteiger partial charge in [0.05, 0.1) is 5.60 Å². The molecule has 0 spiro atoms. The highest BCUT2D eigenvalue weighted by Crippen LogP contribution is 2.62. The number of phenols is 2. The summed E-state index contributed by atoms with van der Waals surface area (Å²) in [4.78, 5) is 0. The average molecular weight is 318 g/mol. The molecule has 2 atom stereocenters. The molecule has 1 saturated carbocycles. The Morgan fingerprint density at radius 1 is 1.00 bits per heavy atom. The van der Waals surface area contributed by atoms with Crippen molar-refractivity contribution >= 4 is 0 Å². The SMILES string of the molecule is CC(C)c1cc2c(c(O)c1O)[C@@]1(C)CCCC(C)(C)[C@]1(O)CC2. The molecule has 0 amide bonds. The molecule has 0 unspecified atom stereocenters. The second-order valence-electron chi connectivity index (χ2n) is 8.78. The van der Waals surface area contributed by atoms with Crippen LogP contribution < -0.4 is 0 Å². The first-order chi connectivity index (χ1) is 10.6. The van der Waals surface area contributed by atoms with E-state index >= 15 is 0 Å². The van der Waals surface area contributed by atoms with Crippen LogP contribution in [-0.4, -0.2) is 20.9 Å². The van der Waals surface area contributed by atoms with E-state index in [0.717, 1.165) is 42.4 Å². The van der Waals surface area contributed by atoms with Crippen LogP contribution in [0.2, 0.25) is 0 Å². The van der Waals surface area contributed by atoms with Crippen LogP contribution >= 0.6 is 0 Å². The molecule has 3 heteroatoms. The largest absolute Gasteiger partial charge is 0.504 e. The number of aliphatic hydroxyl groups is 1. The number of phenolic OH excluding ortho intramolecular Hbond substituents is 2. The van der Waals surface area contributed by atoms with Crippen molar-refractivity contribution in [2.45, 2.75) is 83.7 Å². The van der Waals surface area contributed by atoms with E-state index in [1.54, 1.807) is 0 Å². The molecular weight excluding hydrogens is 288 g/mol. The van der Waals surface area contributed by atoms with Gasteiger partial charge >= 0.3 is 0 Å². The van der Waals surface area contributed by atoms with Gasteiger partial charge in [0.25, 0.3) is 0 Å². The van der Waals surface area contributed by atoms with Gasteiger partial charge in [-0.2, -0.15) is 0 Å². The van der Waals surface area contributed by atoms with Gasteiger partial charge < -0.3 is 15.3 Å². The number of fused-ring (bicyclic) bond motifs is 3. The Balaban J connectivity index is 2.27. The molecule has 2 aliphatic rings. The molecule has 0 aromatic heterocycles. The van der Waals surface area contributed by atoms with Gasteiger partial charge in [-0.3, -0.25) is 0 Å². The Kier molecular flexibility index (Phi) is 3.54. The van der Waals surface area contributed by atoms with Crippen LogP contribution in [0.4, 0.5) is 0 Å². The number of hydrogen-bond donors (Lipinski definition) is 3. The topological polar surface area (TPSA) is 60.7 Å². The van der Waals surface area contributed by atoms with Crippen LogP contribution in [0.25, 0.3) is 0 Å². The van der Waals surface area contributed by atoms with Gasteiger partial charge in [0.1, 0.15) is 0 Å². The molecule has 3 rings (SSSR count). The Morgan fingerprint density at radius 3 is 2.26 bits per heavy atom. The van der Waals surface area contributed by atoms with Crippen molar-refractivity contribution in [2.75, 3.05) is 0 Å². The van der Waals surface area contributed by atoms with Crippen LogP contribution in [0, 0.1) is 5.41 Å². The Hall–Kier alpha value is -1.22. The molecule has 3 nitrogen and oxygen atoms in total. The van der Waals surface area contributed by atoms with Crippen molar-refractivity contribution in [1.29, 1.82) is 0 Å². The lowest BCUT2D eigenvalue weighted by atomic mass is 9.47. The van der Waals surface area contributed by atoms with Crippen LogP contribution in [0.3, 0.4) is 0 Å².